The summed E-state index contributed by atoms with van der Waals surface area (Å²) in [7, 11) is 0. The van der Waals surface area contributed by atoms with E-state index in [4.69, 9.17) is 0 Å². The normalized spacial score (nSPS) is 17.5. The molecule has 0 spiro atoms. The molecule has 0 saturated carbocycles. The number of anilines is 1. The van der Waals surface area contributed by atoms with E-state index in [1.807, 2.05) is 23.6 Å². The second kappa shape index (κ2) is 7.09. The Kier molecular flexibility index (Phi) is 4.89. The fourth-order valence-electron chi connectivity index (χ4n) is 2.74. The van der Waals surface area contributed by atoms with Crippen LogP contribution in [0.15, 0.2) is 29.8 Å². The topological polar surface area (TPSA) is 75.2 Å². The minimum Gasteiger partial charge on any atom is -0.342 e. The lowest BCUT2D eigenvalue weighted by Gasteiger charge is -2.18. The first-order valence-electron chi connectivity index (χ1n) is 7.98. The molecule has 1 fully saturated rings. The molecule has 2 aromatic heterocycles. The number of rotatable bonds is 5. The van der Waals surface area contributed by atoms with Gasteiger partial charge < -0.3 is 10.2 Å². The van der Waals surface area contributed by atoms with Gasteiger partial charge >= 0.3 is 0 Å². The third-order valence-electron chi connectivity index (χ3n) is 3.83. The van der Waals surface area contributed by atoms with Gasteiger partial charge in [0, 0.05) is 31.1 Å². The van der Waals surface area contributed by atoms with Crippen LogP contribution in [0.25, 0.3) is 11.4 Å². The van der Waals surface area contributed by atoms with Crippen molar-refractivity contribution in [1.82, 2.24) is 14.9 Å². The van der Waals surface area contributed by atoms with Crippen LogP contribution in [-0.2, 0) is 9.59 Å². The number of aromatic nitrogens is 2. The summed E-state index contributed by atoms with van der Waals surface area (Å²) in [5.74, 6) is 0.00259. The molecule has 0 unspecified atom stereocenters. The van der Waals surface area contributed by atoms with E-state index < -0.39 is 0 Å². The quantitative estimate of drug-likeness (QED) is 0.905. The van der Waals surface area contributed by atoms with Gasteiger partial charge in [-0.1, -0.05) is 19.9 Å². The third-order valence-corrected chi connectivity index (χ3v) is 4.59. The van der Waals surface area contributed by atoms with Gasteiger partial charge in [-0.25, -0.2) is 4.98 Å². The van der Waals surface area contributed by atoms with Crippen molar-refractivity contribution in [2.75, 3.05) is 18.4 Å². The molecule has 24 heavy (non-hydrogen) atoms. The van der Waals surface area contributed by atoms with Gasteiger partial charge in [0.2, 0.25) is 11.8 Å². The van der Waals surface area contributed by atoms with Gasteiger partial charge in [0.25, 0.3) is 0 Å². The van der Waals surface area contributed by atoms with Crippen LogP contribution in [0.5, 0.6) is 0 Å². The molecule has 0 bridgehead atoms. The van der Waals surface area contributed by atoms with E-state index in [1.54, 1.807) is 11.1 Å². The van der Waals surface area contributed by atoms with Crippen LogP contribution in [0, 0.1) is 11.8 Å². The summed E-state index contributed by atoms with van der Waals surface area (Å²) in [4.78, 5) is 34.8. The second-order valence-electron chi connectivity index (χ2n) is 6.34. The Morgan fingerprint density at radius 1 is 1.42 bits per heavy atom. The van der Waals surface area contributed by atoms with Gasteiger partial charge in [-0.3, -0.25) is 14.6 Å². The van der Waals surface area contributed by atoms with Crippen LogP contribution < -0.4 is 5.32 Å². The second-order valence-corrected chi connectivity index (χ2v) is 7.19. The summed E-state index contributed by atoms with van der Waals surface area (Å²) in [6.45, 7) is 5.32. The van der Waals surface area contributed by atoms with Crippen LogP contribution in [0.2, 0.25) is 0 Å². The summed E-state index contributed by atoms with van der Waals surface area (Å²) in [5, 5.41) is 5.23. The smallest absolute Gasteiger partial charge is 0.231 e. The van der Waals surface area contributed by atoms with Gasteiger partial charge in [-0.2, -0.15) is 0 Å². The number of nitrogens with one attached hydrogen (secondary N) is 1. The standard InChI is InChI=1S/C17H20N4O2S/c1-11(2)8-21-9-12(7-15(21)22)16(23)20-17-19-14(10-24-17)13-5-3-4-6-18-13/h3-6,10-12H,7-9H2,1-2H3,(H,19,20,23)/t12-/m0/s1. The number of carbonyl (C=O) groups excluding carboxylic acids is 2. The molecule has 3 heterocycles. The SMILES string of the molecule is CC(C)CN1C[C@@H](C(=O)Nc2nc(-c3ccccn3)cs2)CC1=O. The van der Waals surface area contributed by atoms with Crippen molar-refractivity contribution in [2.24, 2.45) is 11.8 Å². The molecular weight excluding hydrogens is 324 g/mol. The summed E-state index contributed by atoms with van der Waals surface area (Å²) in [6, 6.07) is 5.62. The van der Waals surface area contributed by atoms with Crippen molar-refractivity contribution in [2.45, 2.75) is 20.3 Å². The predicted octanol–water partition coefficient (Wildman–Crippen LogP) is 2.65. The maximum Gasteiger partial charge on any atom is 0.231 e. The summed E-state index contributed by atoms with van der Waals surface area (Å²) in [5.41, 5.74) is 1.51. The van der Waals surface area contributed by atoms with Crippen LogP contribution in [0.4, 0.5) is 5.13 Å². The summed E-state index contributed by atoms with van der Waals surface area (Å²) >= 11 is 1.36. The lowest BCUT2D eigenvalue weighted by molar-refractivity contribution is -0.128. The van der Waals surface area contributed by atoms with Crippen LogP contribution in [0.3, 0.4) is 0 Å². The van der Waals surface area contributed by atoms with Crippen molar-refractivity contribution < 1.29 is 9.59 Å². The molecule has 2 amide bonds. The van der Waals surface area contributed by atoms with Crippen LogP contribution in [0.1, 0.15) is 20.3 Å². The monoisotopic (exact) mass is 344 g/mol. The molecule has 0 aliphatic carbocycles. The molecule has 6 nitrogen and oxygen atoms in total. The van der Waals surface area contributed by atoms with Crippen molar-refractivity contribution in [3.63, 3.8) is 0 Å². The zero-order valence-corrected chi connectivity index (χ0v) is 14.5. The molecule has 7 heteroatoms. The number of hydrogen-bond donors (Lipinski definition) is 1. The van der Waals surface area contributed by atoms with E-state index in [1.165, 1.54) is 11.3 Å². The highest BCUT2D eigenvalue weighted by Gasteiger charge is 2.34. The highest BCUT2D eigenvalue weighted by atomic mass is 32.1. The Morgan fingerprint density at radius 2 is 2.25 bits per heavy atom. The van der Waals surface area contributed by atoms with E-state index >= 15 is 0 Å². The molecule has 1 aliphatic heterocycles. The number of nitrogens with zero attached hydrogens (tertiary/aromatic N) is 3. The van der Waals surface area contributed by atoms with E-state index in [9.17, 15) is 9.59 Å². The van der Waals surface area contributed by atoms with E-state index in [-0.39, 0.29) is 24.2 Å². The molecule has 2 aromatic rings. The molecule has 0 radical (unpaired) electrons. The Hall–Kier alpha value is -2.28. The molecule has 0 aromatic carbocycles. The Balaban J connectivity index is 1.62. The van der Waals surface area contributed by atoms with Gasteiger partial charge in [-0.15, -0.1) is 11.3 Å². The Bertz CT molecular complexity index is 729. The minimum absolute atomic E-state index is 0.0529. The first-order chi connectivity index (χ1) is 11.5. The molecule has 1 atom stereocenters. The fraction of sp³-hybridized carbons (Fsp3) is 0.412. The zero-order valence-electron chi connectivity index (χ0n) is 13.7. The molecule has 1 aliphatic rings. The molecule has 126 valence electrons. The fourth-order valence-corrected chi connectivity index (χ4v) is 3.44. The first kappa shape index (κ1) is 16.6. The highest BCUT2D eigenvalue weighted by molar-refractivity contribution is 7.14. The Labute approximate surface area is 144 Å². The largest absolute Gasteiger partial charge is 0.342 e. The predicted molar refractivity (Wildman–Crippen MR) is 93.5 cm³/mol. The van der Waals surface area contributed by atoms with Gasteiger partial charge in [0.05, 0.1) is 11.6 Å². The summed E-state index contributed by atoms with van der Waals surface area (Å²) < 4.78 is 0. The number of thiazole rings is 1. The molecule has 3 rings (SSSR count). The maximum atomic E-state index is 12.4. The molecule has 1 saturated heterocycles. The zero-order chi connectivity index (χ0) is 17.1. The van der Waals surface area contributed by atoms with E-state index in [2.05, 4.69) is 29.1 Å². The van der Waals surface area contributed by atoms with Crippen molar-refractivity contribution >= 4 is 28.3 Å². The Morgan fingerprint density at radius 3 is 2.96 bits per heavy atom. The number of amides is 2. The average molecular weight is 344 g/mol. The van der Waals surface area contributed by atoms with Crippen molar-refractivity contribution in [3.8, 4) is 11.4 Å². The number of likely N-dealkylation sites (tertiary alicyclic amines) is 1. The van der Waals surface area contributed by atoms with Gasteiger partial charge in [-0.05, 0) is 18.1 Å². The average Bonchev–Trinajstić information content (AvgIpc) is 3.15. The lowest BCUT2D eigenvalue weighted by Crippen LogP contribution is -2.31. The van der Waals surface area contributed by atoms with Crippen LogP contribution >= 0.6 is 11.3 Å². The van der Waals surface area contributed by atoms with Gasteiger partial charge in [0.1, 0.15) is 5.69 Å². The third kappa shape index (κ3) is 3.79. The van der Waals surface area contributed by atoms with E-state index in [0.29, 0.717) is 24.1 Å². The number of pyridine rings is 1. The van der Waals surface area contributed by atoms with E-state index in [0.717, 1.165) is 11.4 Å². The highest BCUT2D eigenvalue weighted by Crippen LogP contribution is 2.25. The van der Waals surface area contributed by atoms with Crippen molar-refractivity contribution in [1.29, 1.82) is 0 Å². The number of carbonyl (C=O) groups is 2. The van der Waals surface area contributed by atoms with Crippen molar-refractivity contribution in [3.05, 3.63) is 29.8 Å². The minimum atomic E-state index is -0.307. The first-order valence-corrected chi connectivity index (χ1v) is 8.86. The summed E-state index contributed by atoms with van der Waals surface area (Å²) in [6.07, 6.45) is 1.98. The molecule has 1 N–H and O–H groups in total. The maximum absolute atomic E-state index is 12.4. The lowest BCUT2D eigenvalue weighted by atomic mass is 10.1. The van der Waals surface area contributed by atoms with Crippen LogP contribution in [-0.4, -0.2) is 39.8 Å². The van der Waals surface area contributed by atoms with Gasteiger partial charge in [0.15, 0.2) is 5.13 Å². The number of hydrogen-bond acceptors (Lipinski definition) is 5. The molecular formula is C17H20N4O2S.